The second-order valence-corrected chi connectivity index (χ2v) is 5.89. The molecular weight excluding hydrogens is 384 g/mol. The molecule has 9 nitrogen and oxygen atoms in total. The molecule has 0 amide bonds. The first-order valence-corrected chi connectivity index (χ1v) is 9.05. The molecule has 9 heteroatoms. The first-order valence-electron chi connectivity index (χ1n) is 9.05. The van der Waals surface area contributed by atoms with Gasteiger partial charge in [0.2, 0.25) is 0 Å². The van der Waals surface area contributed by atoms with Gasteiger partial charge >= 0.3 is 18.0 Å². The van der Waals surface area contributed by atoms with Gasteiger partial charge in [-0.1, -0.05) is 54.6 Å². The smallest absolute Gasteiger partial charge is 0.340 e. The van der Waals surface area contributed by atoms with E-state index in [1.807, 2.05) is 91.0 Å². The number of nitrogens with one attached hydrogen (secondary N) is 3. The minimum atomic E-state index is -0.0384. The molecule has 0 saturated heterocycles. The van der Waals surface area contributed by atoms with Crippen molar-refractivity contribution in [3.05, 3.63) is 91.0 Å². The molecule has 4 aromatic rings. The molecule has 0 aliphatic rings. The molecule has 4 rings (SSSR count). The monoisotopic (exact) mass is 402 g/mol. The van der Waals surface area contributed by atoms with Gasteiger partial charge in [-0.05, 0) is 36.4 Å². The summed E-state index contributed by atoms with van der Waals surface area (Å²) >= 11 is 0. The average Bonchev–Trinajstić information content (AvgIpc) is 2.82. The number of aromatic nitrogens is 3. The van der Waals surface area contributed by atoms with Crippen LogP contribution in [0.5, 0.6) is 18.0 Å². The van der Waals surface area contributed by atoms with Crippen molar-refractivity contribution >= 4 is 17.1 Å². The van der Waals surface area contributed by atoms with E-state index in [1.54, 1.807) is 0 Å². The van der Waals surface area contributed by atoms with E-state index in [0.29, 0.717) is 0 Å². The molecule has 0 atom stereocenters. The lowest BCUT2D eigenvalue weighted by molar-refractivity contribution is 0.301. The molecule has 0 aliphatic heterocycles. The fourth-order valence-electron chi connectivity index (χ4n) is 2.29. The molecular formula is C21H18N6O3. The lowest BCUT2D eigenvalue weighted by Crippen LogP contribution is -2.14. The molecule has 0 radical (unpaired) electrons. The van der Waals surface area contributed by atoms with E-state index >= 15 is 0 Å². The van der Waals surface area contributed by atoms with Crippen molar-refractivity contribution in [2.24, 2.45) is 0 Å². The van der Waals surface area contributed by atoms with Crippen LogP contribution in [0, 0.1) is 0 Å². The molecule has 3 N–H and O–H groups in total. The van der Waals surface area contributed by atoms with E-state index in [2.05, 4.69) is 31.4 Å². The maximum Gasteiger partial charge on any atom is 0.352 e. The number of anilines is 3. The number of nitrogens with zero attached hydrogens (tertiary/aromatic N) is 3. The van der Waals surface area contributed by atoms with Crippen LogP contribution in [0.1, 0.15) is 0 Å². The number of hydrogen-bond donors (Lipinski definition) is 3. The Morgan fingerprint density at radius 1 is 0.400 bits per heavy atom. The molecule has 1 aromatic heterocycles. The summed E-state index contributed by atoms with van der Waals surface area (Å²) in [6.45, 7) is 0. The van der Waals surface area contributed by atoms with E-state index in [-0.39, 0.29) is 18.0 Å². The molecule has 0 bridgehead atoms. The highest BCUT2D eigenvalue weighted by Gasteiger charge is 2.12. The third-order valence-corrected chi connectivity index (χ3v) is 3.68. The lowest BCUT2D eigenvalue weighted by atomic mass is 10.3. The molecule has 0 saturated carbocycles. The number of rotatable bonds is 9. The average molecular weight is 402 g/mol. The van der Waals surface area contributed by atoms with Crippen LogP contribution in [0.25, 0.3) is 0 Å². The van der Waals surface area contributed by atoms with Crippen molar-refractivity contribution in [3.8, 4) is 18.0 Å². The Labute approximate surface area is 172 Å². The Hall–Kier alpha value is -4.53. The van der Waals surface area contributed by atoms with E-state index in [0.717, 1.165) is 17.1 Å². The van der Waals surface area contributed by atoms with E-state index in [1.165, 1.54) is 0 Å². The van der Waals surface area contributed by atoms with E-state index in [9.17, 15) is 0 Å². The van der Waals surface area contributed by atoms with Crippen LogP contribution in [0.15, 0.2) is 91.0 Å². The zero-order valence-corrected chi connectivity index (χ0v) is 15.7. The number of para-hydroxylation sites is 3. The van der Waals surface area contributed by atoms with Crippen LogP contribution in [0.2, 0.25) is 0 Å². The predicted octanol–water partition coefficient (Wildman–Crippen LogP) is 4.09. The van der Waals surface area contributed by atoms with Crippen LogP contribution < -0.4 is 31.0 Å². The van der Waals surface area contributed by atoms with Crippen LogP contribution in [-0.4, -0.2) is 15.0 Å². The third kappa shape index (κ3) is 5.49. The summed E-state index contributed by atoms with van der Waals surface area (Å²) in [6, 6.07) is 27.8. The van der Waals surface area contributed by atoms with Gasteiger partial charge < -0.3 is 14.5 Å². The Kier molecular flexibility index (Phi) is 6.02. The van der Waals surface area contributed by atoms with Gasteiger partial charge in [0.05, 0.1) is 17.1 Å². The second-order valence-electron chi connectivity index (χ2n) is 5.89. The van der Waals surface area contributed by atoms with Crippen molar-refractivity contribution in [2.75, 3.05) is 16.4 Å². The van der Waals surface area contributed by atoms with Crippen molar-refractivity contribution in [2.45, 2.75) is 0 Å². The fraction of sp³-hybridized carbons (Fsp3) is 0. The van der Waals surface area contributed by atoms with E-state index in [4.69, 9.17) is 14.5 Å². The first-order chi connectivity index (χ1) is 14.8. The van der Waals surface area contributed by atoms with Crippen LogP contribution in [-0.2, 0) is 0 Å². The van der Waals surface area contributed by atoms with Gasteiger partial charge in [-0.2, -0.15) is 0 Å². The Bertz CT molecular complexity index is 903. The largest absolute Gasteiger partial charge is 0.352 e. The minimum absolute atomic E-state index is 0.0384. The lowest BCUT2D eigenvalue weighted by Gasteiger charge is -2.11. The quantitative estimate of drug-likeness (QED) is 0.357. The maximum atomic E-state index is 5.45. The Balaban J connectivity index is 1.48. The summed E-state index contributed by atoms with van der Waals surface area (Å²) in [6.07, 6.45) is 0. The third-order valence-electron chi connectivity index (χ3n) is 3.68. The Morgan fingerprint density at radius 2 is 0.667 bits per heavy atom. The molecule has 30 heavy (non-hydrogen) atoms. The number of benzene rings is 3. The summed E-state index contributed by atoms with van der Waals surface area (Å²) in [7, 11) is 0. The SMILES string of the molecule is c1ccc(NOc2nc(ONc3ccccc3)nc(ONc3ccccc3)n2)cc1. The van der Waals surface area contributed by atoms with Crippen LogP contribution in [0.3, 0.4) is 0 Å². The van der Waals surface area contributed by atoms with Crippen LogP contribution >= 0.6 is 0 Å². The van der Waals surface area contributed by atoms with Gasteiger partial charge in [0.25, 0.3) is 0 Å². The van der Waals surface area contributed by atoms with Gasteiger partial charge in [-0.15, -0.1) is 15.0 Å². The first kappa shape index (κ1) is 18.8. The summed E-state index contributed by atoms with van der Waals surface area (Å²) in [4.78, 5) is 28.7. The molecule has 150 valence electrons. The molecule has 0 aliphatic carbocycles. The molecule has 1 heterocycles. The molecule has 0 spiro atoms. The van der Waals surface area contributed by atoms with Crippen LogP contribution in [0.4, 0.5) is 17.1 Å². The summed E-state index contributed by atoms with van der Waals surface area (Å²) < 4.78 is 0. The standard InChI is InChI=1S/C21H18N6O3/c1-4-10-16(11-5-1)25-28-19-22-20(29-26-17-12-6-2-7-13-17)24-21(23-19)30-27-18-14-8-3-9-15-18/h1-15,25-27H. The van der Waals surface area contributed by atoms with E-state index < -0.39 is 0 Å². The van der Waals surface area contributed by atoms with Gasteiger partial charge in [-0.3, -0.25) is 0 Å². The van der Waals surface area contributed by atoms with Gasteiger partial charge in [0.1, 0.15) is 0 Å². The highest BCUT2D eigenvalue weighted by molar-refractivity contribution is 5.42. The highest BCUT2D eigenvalue weighted by Crippen LogP contribution is 2.17. The van der Waals surface area contributed by atoms with Gasteiger partial charge in [0, 0.05) is 0 Å². The zero-order chi connectivity index (χ0) is 20.4. The molecule has 3 aromatic carbocycles. The normalized spacial score (nSPS) is 10.0. The van der Waals surface area contributed by atoms with Crippen molar-refractivity contribution in [1.29, 1.82) is 0 Å². The Morgan fingerprint density at radius 3 is 0.933 bits per heavy atom. The number of hydrogen-bond acceptors (Lipinski definition) is 9. The predicted molar refractivity (Wildman–Crippen MR) is 112 cm³/mol. The minimum Gasteiger partial charge on any atom is -0.340 e. The summed E-state index contributed by atoms with van der Waals surface area (Å²) in [5.41, 5.74) is 10.5. The van der Waals surface area contributed by atoms with Crippen molar-refractivity contribution < 1.29 is 14.5 Å². The molecule has 0 fully saturated rings. The van der Waals surface area contributed by atoms with Gasteiger partial charge in [-0.25, -0.2) is 16.4 Å². The zero-order valence-electron chi connectivity index (χ0n) is 15.7. The summed E-state index contributed by atoms with van der Waals surface area (Å²) in [5, 5.41) is 0. The fourth-order valence-corrected chi connectivity index (χ4v) is 2.29. The maximum absolute atomic E-state index is 5.45. The van der Waals surface area contributed by atoms with Crippen molar-refractivity contribution in [3.63, 3.8) is 0 Å². The molecule has 0 unspecified atom stereocenters. The summed E-state index contributed by atoms with van der Waals surface area (Å²) in [5.74, 6) is 0. The highest BCUT2D eigenvalue weighted by atomic mass is 16.7. The second kappa shape index (κ2) is 9.60. The van der Waals surface area contributed by atoms with Gasteiger partial charge in [0.15, 0.2) is 0 Å². The topological polar surface area (TPSA) is 102 Å². The van der Waals surface area contributed by atoms with Crippen molar-refractivity contribution in [1.82, 2.24) is 15.0 Å².